The van der Waals surface area contributed by atoms with E-state index >= 15 is 0 Å². The van der Waals surface area contributed by atoms with Crippen molar-refractivity contribution in [2.75, 3.05) is 18.0 Å². The van der Waals surface area contributed by atoms with Gasteiger partial charge in [-0.1, -0.05) is 35.9 Å². The number of para-hydroxylation sites is 1. The normalized spacial score (nSPS) is 11.0. The van der Waals surface area contributed by atoms with Crippen molar-refractivity contribution in [2.24, 2.45) is 0 Å². The van der Waals surface area contributed by atoms with Crippen molar-refractivity contribution < 1.29 is 22.7 Å². The van der Waals surface area contributed by atoms with Gasteiger partial charge in [0.1, 0.15) is 0 Å². The van der Waals surface area contributed by atoms with Gasteiger partial charge in [0.2, 0.25) is 0 Å². The molecule has 0 aliphatic heterocycles. The van der Waals surface area contributed by atoms with Crippen molar-refractivity contribution >= 4 is 50.5 Å². The maximum atomic E-state index is 13.0. The van der Waals surface area contributed by atoms with Gasteiger partial charge in [0.05, 0.1) is 27.7 Å². The molecule has 0 bridgehead atoms. The fraction of sp³-hybridized carbons (Fsp3) is 0.143. The van der Waals surface area contributed by atoms with Crippen LogP contribution in [0.3, 0.4) is 0 Å². The van der Waals surface area contributed by atoms with Gasteiger partial charge in [0.15, 0.2) is 6.61 Å². The summed E-state index contributed by atoms with van der Waals surface area (Å²) in [7, 11) is -2.53. The number of thiophene rings is 1. The van der Waals surface area contributed by atoms with E-state index in [1.165, 1.54) is 30.5 Å². The van der Waals surface area contributed by atoms with E-state index in [1.54, 1.807) is 30.3 Å². The lowest BCUT2D eigenvalue weighted by Crippen LogP contribution is -2.28. The van der Waals surface area contributed by atoms with Crippen LogP contribution >= 0.6 is 22.9 Å². The van der Waals surface area contributed by atoms with Crippen LogP contribution in [0.1, 0.15) is 15.2 Å². The van der Waals surface area contributed by atoms with Gasteiger partial charge in [0, 0.05) is 11.9 Å². The number of nitrogens with zero attached hydrogens (tertiary/aromatic N) is 1. The molecule has 0 saturated heterocycles. The average molecular weight is 479 g/mol. The zero-order chi connectivity index (χ0) is 22.4. The number of sulfonamides is 1. The summed E-state index contributed by atoms with van der Waals surface area (Å²) < 4.78 is 32.0. The van der Waals surface area contributed by atoms with Crippen LogP contribution in [-0.2, 0) is 26.1 Å². The van der Waals surface area contributed by atoms with Crippen molar-refractivity contribution in [2.45, 2.75) is 11.4 Å². The Bertz CT molecular complexity index is 1170. The molecule has 1 heterocycles. The molecule has 1 amide bonds. The first-order valence-corrected chi connectivity index (χ1v) is 11.8. The Kier molecular flexibility index (Phi) is 7.32. The van der Waals surface area contributed by atoms with Crippen molar-refractivity contribution in [3.8, 4) is 0 Å². The van der Waals surface area contributed by atoms with Crippen LogP contribution in [0.5, 0.6) is 0 Å². The van der Waals surface area contributed by atoms with Gasteiger partial charge in [-0.2, -0.15) is 0 Å². The number of carbonyl (C=O) groups excluding carboxylic acids is 2. The van der Waals surface area contributed by atoms with Gasteiger partial charge in [-0.3, -0.25) is 9.10 Å². The van der Waals surface area contributed by atoms with Crippen LogP contribution in [0.25, 0.3) is 0 Å². The third-order valence-electron chi connectivity index (χ3n) is 4.31. The minimum Gasteiger partial charge on any atom is -0.452 e. The molecule has 2 aromatic carbocycles. The third-order valence-corrected chi connectivity index (χ3v) is 7.30. The summed E-state index contributed by atoms with van der Waals surface area (Å²) in [4.78, 5) is 25.2. The molecule has 3 rings (SSSR count). The van der Waals surface area contributed by atoms with E-state index in [0.29, 0.717) is 12.2 Å². The summed E-state index contributed by atoms with van der Waals surface area (Å²) in [5, 5.41) is 4.54. The van der Waals surface area contributed by atoms with Crippen LogP contribution in [0.4, 0.5) is 5.69 Å². The zero-order valence-corrected chi connectivity index (χ0v) is 18.8. The molecule has 7 nitrogen and oxygen atoms in total. The highest BCUT2D eigenvalue weighted by molar-refractivity contribution is 7.92. The van der Waals surface area contributed by atoms with E-state index < -0.39 is 28.5 Å². The highest BCUT2D eigenvalue weighted by Crippen LogP contribution is 2.26. The van der Waals surface area contributed by atoms with Crippen LogP contribution in [0.15, 0.2) is 70.9 Å². The van der Waals surface area contributed by atoms with Crippen molar-refractivity contribution in [3.63, 3.8) is 0 Å². The number of carbonyl (C=O) groups is 2. The highest BCUT2D eigenvalue weighted by Gasteiger charge is 2.24. The van der Waals surface area contributed by atoms with E-state index in [2.05, 4.69) is 5.32 Å². The summed E-state index contributed by atoms with van der Waals surface area (Å²) in [6.07, 6.45) is 0. The zero-order valence-electron chi connectivity index (χ0n) is 16.4. The highest BCUT2D eigenvalue weighted by atomic mass is 35.5. The summed E-state index contributed by atoms with van der Waals surface area (Å²) in [6.45, 7) is -0.185. The average Bonchev–Trinajstić information content (AvgIpc) is 3.30. The molecule has 0 aliphatic carbocycles. The molecule has 0 aliphatic rings. The van der Waals surface area contributed by atoms with Crippen LogP contribution in [0, 0.1) is 0 Å². The Balaban J connectivity index is 1.69. The fourth-order valence-electron chi connectivity index (χ4n) is 2.61. The molecule has 3 aromatic rings. The third kappa shape index (κ3) is 5.63. The van der Waals surface area contributed by atoms with Gasteiger partial charge in [-0.25, -0.2) is 13.2 Å². The Morgan fingerprint density at radius 3 is 2.52 bits per heavy atom. The minimum atomic E-state index is -3.94. The van der Waals surface area contributed by atoms with E-state index in [4.69, 9.17) is 16.3 Å². The van der Waals surface area contributed by atoms with Gasteiger partial charge in [-0.15, -0.1) is 11.3 Å². The molecule has 162 valence electrons. The van der Waals surface area contributed by atoms with E-state index in [-0.39, 0.29) is 15.5 Å². The number of benzene rings is 2. The molecule has 10 heteroatoms. The summed E-state index contributed by atoms with van der Waals surface area (Å²) in [5.74, 6) is -1.37. The van der Waals surface area contributed by atoms with Crippen LogP contribution < -0.4 is 9.62 Å². The van der Waals surface area contributed by atoms with Crippen molar-refractivity contribution in [3.05, 3.63) is 81.5 Å². The van der Waals surface area contributed by atoms with Crippen LogP contribution in [0.2, 0.25) is 5.02 Å². The smallest absolute Gasteiger partial charge is 0.340 e. The van der Waals surface area contributed by atoms with E-state index in [9.17, 15) is 18.0 Å². The number of rotatable bonds is 8. The van der Waals surface area contributed by atoms with Gasteiger partial charge < -0.3 is 10.1 Å². The predicted octanol–water partition coefficient (Wildman–Crippen LogP) is 3.70. The molecular formula is C21H19ClN2O5S2. The number of halogens is 1. The maximum absolute atomic E-state index is 13.0. The van der Waals surface area contributed by atoms with Crippen LogP contribution in [-0.4, -0.2) is 33.9 Å². The first-order valence-electron chi connectivity index (χ1n) is 9.09. The Morgan fingerprint density at radius 1 is 1.10 bits per heavy atom. The SMILES string of the molecule is CN(c1ccccc1)S(=O)(=O)c1ccc(Cl)c(C(=O)OCC(=O)NCc2cccs2)c1. The molecule has 0 atom stereocenters. The first-order chi connectivity index (χ1) is 14.8. The molecule has 0 spiro atoms. The topological polar surface area (TPSA) is 92.8 Å². The number of nitrogens with one attached hydrogen (secondary N) is 1. The number of hydrogen-bond acceptors (Lipinski definition) is 6. The summed E-state index contributed by atoms with van der Waals surface area (Å²) in [5.41, 5.74) is 0.319. The largest absolute Gasteiger partial charge is 0.452 e. The predicted molar refractivity (Wildman–Crippen MR) is 120 cm³/mol. The number of anilines is 1. The van der Waals surface area contributed by atoms with Gasteiger partial charge >= 0.3 is 5.97 Å². The summed E-state index contributed by atoms with van der Waals surface area (Å²) in [6, 6.07) is 16.0. The molecule has 0 fully saturated rings. The molecule has 1 aromatic heterocycles. The second kappa shape index (κ2) is 9.95. The number of ether oxygens (including phenoxy) is 1. The number of esters is 1. The molecule has 0 unspecified atom stereocenters. The quantitative estimate of drug-likeness (QED) is 0.498. The number of amides is 1. The number of hydrogen-bond donors (Lipinski definition) is 1. The molecule has 31 heavy (non-hydrogen) atoms. The lowest BCUT2D eigenvalue weighted by Gasteiger charge is -2.20. The lowest BCUT2D eigenvalue weighted by atomic mass is 10.2. The Morgan fingerprint density at radius 2 is 1.84 bits per heavy atom. The summed E-state index contributed by atoms with van der Waals surface area (Å²) >= 11 is 7.57. The van der Waals surface area contributed by atoms with Crippen molar-refractivity contribution in [1.29, 1.82) is 0 Å². The van der Waals surface area contributed by atoms with Gasteiger partial charge in [-0.05, 0) is 41.8 Å². The van der Waals surface area contributed by atoms with E-state index in [1.807, 2.05) is 17.5 Å². The minimum absolute atomic E-state index is 0.0188. The Labute approximate surface area is 189 Å². The van der Waals surface area contributed by atoms with Crippen molar-refractivity contribution in [1.82, 2.24) is 5.32 Å². The first kappa shape index (κ1) is 22.8. The molecule has 0 saturated carbocycles. The lowest BCUT2D eigenvalue weighted by molar-refractivity contribution is -0.124. The molecule has 1 N–H and O–H groups in total. The Hall–Kier alpha value is -2.88. The monoisotopic (exact) mass is 478 g/mol. The van der Waals surface area contributed by atoms with Gasteiger partial charge in [0.25, 0.3) is 15.9 Å². The standard InChI is InChI=1S/C21H19ClN2O5S2/c1-24(15-6-3-2-4-7-15)31(27,28)17-9-10-19(22)18(12-17)21(26)29-14-20(25)23-13-16-8-5-11-30-16/h2-12H,13-14H2,1H3,(H,23,25). The molecular weight excluding hydrogens is 460 g/mol. The second-order valence-corrected chi connectivity index (χ2v) is 9.79. The second-order valence-electron chi connectivity index (χ2n) is 6.38. The maximum Gasteiger partial charge on any atom is 0.340 e. The molecule has 0 radical (unpaired) electrons. The fourth-order valence-corrected chi connectivity index (χ4v) is 4.68. The van der Waals surface area contributed by atoms with E-state index in [0.717, 1.165) is 15.2 Å².